The molecule has 0 bridgehead atoms. The van der Waals surface area contributed by atoms with Crippen molar-refractivity contribution in [1.29, 1.82) is 5.26 Å². The molecule has 0 unspecified atom stereocenters. The molecule has 0 atom stereocenters. The quantitative estimate of drug-likeness (QED) is 0.424. The van der Waals surface area contributed by atoms with Gasteiger partial charge in [0.2, 0.25) is 0 Å². The molecule has 0 saturated heterocycles. The lowest BCUT2D eigenvalue weighted by Crippen LogP contribution is -1.96. The Morgan fingerprint density at radius 3 is 2.33 bits per heavy atom. The van der Waals surface area contributed by atoms with E-state index in [-0.39, 0.29) is 9.15 Å². The van der Waals surface area contributed by atoms with Gasteiger partial charge in [0.05, 0.1) is 5.57 Å². The largest absolute Gasteiger partial charge is 0.478 e. The number of rotatable bonds is 1. The van der Waals surface area contributed by atoms with Crippen molar-refractivity contribution in [2.45, 2.75) is 6.92 Å². The number of aliphatic carboxylic acids is 1. The van der Waals surface area contributed by atoms with Gasteiger partial charge in [-0.2, -0.15) is 5.26 Å². The number of carbonyl (C=O) groups is 1. The summed E-state index contributed by atoms with van der Waals surface area (Å²) in [6, 6.07) is 1.73. The van der Waals surface area contributed by atoms with Gasteiger partial charge >= 0.3 is 5.97 Å². The summed E-state index contributed by atoms with van der Waals surface area (Å²) in [6.07, 6.45) is 0. The van der Waals surface area contributed by atoms with Crippen LogP contribution in [0.2, 0.25) is 0 Å². The summed E-state index contributed by atoms with van der Waals surface area (Å²) in [5.74, 6) is -1.04. The molecule has 0 amide bonds. The Morgan fingerprint density at radius 2 is 2.22 bits per heavy atom. The summed E-state index contributed by atoms with van der Waals surface area (Å²) < 4.78 is 0.222. The first-order valence-corrected chi connectivity index (χ1v) is 3.17. The highest BCUT2D eigenvalue weighted by atomic mass is 127. The van der Waals surface area contributed by atoms with Crippen LogP contribution in [0.1, 0.15) is 6.92 Å². The number of halogens is 1. The zero-order valence-electron chi connectivity index (χ0n) is 4.68. The highest BCUT2D eigenvalue weighted by molar-refractivity contribution is 14.1. The fraction of sp³-hybridized carbons (Fsp3) is 0.200. The van der Waals surface area contributed by atoms with Crippen molar-refractivity contribution in [2.75, 3.05) is 0 Å². The van der Waals surface area contributed by atoms with Crippen molar-refractivity contribution in [3.05, 3.63) is 9.15 Å². The van der Waals surface area contributed by atoms with Crippen molar-refractivity contribution in [3.8, 4) is 6.07 Å². The van der Waals surface area contributed by atoms with E-state index in [1.165, 1.54) is 6.92 Å². The Morgan fingerprint density at radius 1 is 1.78 bits per heavy atom. The van der Waals surface area contributed by atoms with Gasteiger partial charge in [-0.05, 0) is 29.5 Å². The highest BCUT2D eigenvalue weighted by Gasteiger charge is 2.04. The molecule has 0 aromatic carbocycles. The molecule has 0 radical (unpaired) electrons. The van der Waals surface area contributed by atoms with Crippen LogP contribution in [-0.2, 0) is 4.79 Å². The minimum atomic E-state index is -1.04. The predicted octanol–water partition coefficient (Wildman–Crippen LogP) is 1.30. The maximum atomic E-state index is 10.1. The Kier molecular flexibility index (Phi) is 3.24. The minimum absolute atomic E-state index is 0.0955. The number of nitriles is 1. The van der Waals surface area contributed by atoms with E-state index in [1.54, 1.807) is 28.7 Å². The number of nitrogens with zero attached hydrogens (tertiary/aromatic N) is 1. The second-order valence-corrected chi connectivity index (χ2v) is 2.43. The maximum Gasteiger partial charge on any atom is 0.333 e. The van der Waals surface area contributed by atoms with Gasteiger partial charge in [-0.1, -0.05) is 0 Å². The van der Waals surface area contributed by atoms with Crippen LogP contribution in [-0.4, -0.2) is 11.1 Å². The summed E-state index contributed by atoms with van der Waals surface area (Å²) in [7, 11) is 0. The fourth-order valence-electron chi connectivity index (χ4n) is 0.178. The van der Waals surface area contributed by atoms with Gasteiger partial charge in [0, 0.05) is 0 Å². The van der Waals surface area contributed by atoms with E-state index in [9.17, 15) is 4.79 Å². The minimum Gasteiger partial charge on any atom is -0.478 e. The molecule has 0 spiro atoms. The second kappa shape index (κ2) is 3.45. The van der Waals surface area contributed by atoms with Crippen LogP contribution in [0.25, 0.3) is 0 Å². The van der Waals surface area contributed by atoms with Gasteiger partial charge in [0.25, 0.3) is 0 Å². The average Bonchev–Trinajstić information content (AvgIpc) is 1.84. The smallest absolute Gasteiger partial charge is 0.333 e. The average molecular weight is 237 g/mol. The number of carboxylic acids is 1. The third kappa shape index (κ3) is 2.46. The third-order valence-electron chi connectivity index (χ3n) is 0.748. The molecule has 9 heavy (non-hydrogen) atoms. The standard InChI is InChI=1S/C5H4INO2/c1-3(5(8)9)4(6)2-7/h1H3,(H,8,9). The first-order valence-electron chi connectivity index (χ1n) is 2.09. The lowest BCUT2D eigenvalue weighted by Gasteiger charge is -1.88. The molecule has 0 aliphatic rings. The fourth-order valence-corrected chi connectivity index (χ4v) is 0.408. The maximum absolute atomic E-state index is 10.1. The molecule has 4 heteroatoms. The first-order chi connectivity index (χ1) is 4.09. The molecule has 0 aliphatic heterocycles. The van der Waals surface area contributed by atoms with Crippen LogP contribution < -0.4 is 0 Å². The molecular formula is C5H4INO2. The van der Waals surface area contributed by atoms with Gasteiger partial charge in [-0.15, -0.1) is 0 Å². The summed E-state index contributed by atoms with van der Waals surface area (Å²) in [5, 5.41) is 16.4. The Hall–Kier alpha value is -0.570. The molecule has 0 fully saturated rings. The van der Waals surface area contributed by atoms with Crippen LogP contribution in [0.4, 0.5) is 0 Å². The lowest BCUT2D eigenvalue weighted by molar-refractivity contribution is -0.132. The SMILES string of the molecule is CC(C(=O)O)=C(I)C#N. The number of allylic oxidation sites excluding steroid dienone is 1. The van der Waals surface area contributed by atoms with E-state index in [4.69, 9.17) is 10.4 Å². The summed E-state index contributed by atoms with van der Waals surface area (Å²) in [5.41, 5.74) is 0.0955. The normalized spacial score (nSPS) is 11.7. The van der Waals surface area contributed by atoms with Crippen molar-refractivity contribution < 1.29 is 9.90 Å². The monoisotopic (exact) mass is 237 g/mol. The van der Waals surface area contributed by atoms with E-state index < -0.39 is 5.97 Å². The molecule has 3 nitrogen and oxygen atoms in total. The first kappa shape index (κ1) is 8.43. The van der Waals surface area contributed by atoms with Gasteiger partial charge in [-0.3, -0.25) is 0 Å². The second-order valence-electron chi connectivity index (χ2n) is 1.36. The van der Waals surface area contributed by atoms with Gasteiger partial charge < -0.3 is 5.11 Å². The molecule has 0 aliphatic carbocycles. The Labute approximate surface area is 66.1 Å². The molecule has 0 aromatic heterocycles. The topological polar surface area (TPSA) is 61.1 Å². The van der Waals surface area contributed by atoms with Crippen molar-refractivity contribution in [3.63, 3.8) is 0 Å². The predicted molar refractivity (Wildman–Crippen MR) is 40.0 cm³/mol. The van der Waals surface area contributed by atoms with E-state index in [0.29, 0.717) is 0 Å². The van der Waals surface area contributed by atoms with Gasteiger partial charge in [0.15, 0.2) is 0 Å². The number of carboxylic acid groups (broad SMARTS) is 1. The third-order valence-corrected chi connectivity index (χ3v) is 1.80. The highest BCUT2D eigenvalue weighted by Crippen LogP contribution is 2.10. The molecule has 0 heterocycles. The number of hydrogen-bond acceptors (Lipinski definition) is 2. The molecule has 0 saturated carbocycles. The van der Waals surface area contributed by atoms with Crippen LogP contribution in [0.3, 0.4) is 0 Å². The van der Waals surface area contributed by atoms with E-state index >= 15 is 0 Å². The zero-order valence-corrected chi connectivity index (χ0v) is 6.84. The van der Waals surface area contributed by atoms with Gasteiger partial charge in [0.1, 0.15) is 9.65 Å². The van der Waals surface area contributed by atoms with E-state index in [0.717, 1.165) is 0 Å². The van der Waals surface area contributed by atoms with Crippen molar-refractivity contribution in [2.24, 2.45) is 0 Å². The van der Waals surface area contributed by atoms with Crippen LogP contribution >= 0.6 is 22.6 Å². The molecule has 0 rings (SSSR count). The summed E-state index contributed by atoms with van der Waals surface area (Å²) in [6.45, 7) is 1.40. The zero-order chi connectivity index (χ0) is 7.44. The summed E-state index contributed by atoms with van der Waals surface area (Å²) >= 11 is 1.68. The molecule has 0 aromatic rings. The van der Waals surface area contributed by atoms with Crippen molar-refractivity contribution in [1.82, 2.24) is 0 Å². The summed E-state index contributed by atoms with van der Waals surface area (Å²) in [4.78, 5) is 10.1. The Balaban J connectivity index is 4.54. The lowest BCUT2D eigenvalue weighted by atomic mass is 10.3. The molecular weight excluding hydrogens is 233 g/mol. The number of hydrogen-bond donors (Lipinski definition) is 1. The molecule has 48 valence electrons. The van der Waals surface area contributed by atoms with Crippen LogP contribution in [0.15, 0.2) is 9.15 Å². The van der Waals surface area contributed by atoms with Crippen LogP contribution in [0, 0.1) is 11.3 Å². The van der Waals surface area contributed by atoms with Gasteiger partial charge in [-0.25, -0.2) is 4.79 Å². The van der Waals surface area contributed by atoms with E-state index in [2.05, 4.69) is 0 Å². The van der Waals surface area contributed by atoms with Crippen molar-refractivity contribution >= 4 is 28.6 Å². The van der Waals surface area contributed by atoms with E-state index in [1.807, 2.05) is 0 Å². The Bertz CT molecular complexity index is 201. The molecule has 1 N–H and O–H groups in total. The van der Waals surface area contributed by atoms with Crippen LogP contribution in [0.5, 0.6) is 0 Å².